The molecule has 0 aliphatic carbocycles. The lowest BCUT2D eigenvalue weighted by atomic mass is 10.0. The molecule has 1 heterocycles. The highest BCUT2D eigenvalue weighted by Gasteiger charge is 2.31. The van der Waals surface area contributed by atoms with E-state index in [9.17, 15) is 8.94 Å². The molecule has 4 nitrogen and oxygen atoms in total. The topological polar surface area (TPSA) is 57.2 Å². The molecule has 0 aromatic carbocycles. The average Bonchev–Trinajstić information content (AvgIpc) is 2.42. The largest absolute Gasteiger partial charge is 0.598 e. The summed E-state index contributed by atoms with van der Waals surface area (Å²) in [5.41, 5.74) is 0.556. The first-order valence-electron chi connectivity index (χ1n) is 6.73. The number of hydrogen-bond donors (Lipinski definition) is 1. The molecule has 1 N–H and O–H groups in total. The van der Waals surface area contributed by atoms with Crippen molar-refractivity contribution in [2.75, 3.05) is 13.0 Å². The second kappa shape index (κ2) is 8.17. The zero-order valence-electron chi connectivity index (χ0n) is 12.8. The summed E-state index contributed by atoms with van der Waals surface area (Å²) in [6, 6.07) is 1.03. The molecule has 0 aliphatic heterocycles. The van der Waals surface area contributed by atoms with Gasteiger partial charge in [-0.1, -0.05) is 0 Å². The van der Waals surface area contributed by atoms with Crippen LogP contribution in [0, 0.1) is 5.82 Å². The van der Waals surface area contributed by atoms with Crippen molar-refractivity contribution in [2.24, 2.45) is 0 Å². The molecule has 120 valence electrons. The van der Waals surface area contributed by atoms with Crippen LogP contribution in [0.1, 0.15) is 45.2 Å². The summed E-state index contributed by atoms with van der Waals surface area (Å²) < 4.78 is 33.6. The van der Waals surface area contributed by atoms with Crippen molar-refractivity contribution < 1.29 is 13.7 Å². The second-order valence-electron chi connectivity index (χ2n) is 5.63. The summed E-state index contributed by atoms with van der Waals surface area (Å²) in [4.78, 5) is 3.93. The summed E-state index contributed by atoms with van der Waals surface area (Å²) in [5.74, 6) is 0.352. The minimum absolute atomic E-state index is 0.328. The van der Waals surface area contributed by atoms with E-state index in [2.05, 4.69) is 9.71 Å². The third-order valence-electron chi connectivity index (χ3n) is 2.85. The van der Waals surface area contributed by atoms with Crippen LogP contribution in [0.25, 0.3) is 0 Å². The summed E-state index contributed by atoms with van der Waals surface area (Å²) in [6.07, 6.45) is 2.43. The minimum Gasteiger partial charge on any atom is -0.598 e. The maximum absolute atomic E-state index is 13.5. The number of nitrogens with one attached hydrogen (secondary N) is 1. The van der Waals surface area contributed by atoms with E-state index < -0.39 is 21.9 Å². The molecule has 0 bridgehead atoms. The molecular formula is C14H22ClFN2O2S. The van der Waals surface area contributed by atoms with E-state index in [0.717, 1.165) is 6.20 Å². The van der Waals surface area contributed by atoms with Crippen LogP contribution in [0.2, 0.25) is 0 Å². The normalized spacial score (nSPS) is 14.8. The number of halogens is 2. The zero-order valence-corrected chi connectivity index (χ0v) is 14.4. The van der Waals surface area contributed by atoms with Gasteiger partial charge < -0.3 is 9.29 Å². The van der Waals surface area contributed by atoms with Crippen LogP contribution in [0.3, 0.4) is 0 Å². The Morgan fingerprint density at radius 2 is 2.19 bits per heavy atom. The van der Waals surface area contributed by atoms with Gasteiger partial charge in [-0.05, 0) is 39.7 Å². The number of rotatable bonds is 7. The minimum atomic E-state index is -1.29. The molecular weight excluding hydrogens is 315 g/mol. The van der Waals surface area contributed by atoms with E-state index in [-0.39, 0.29) is 6.04 Å². The molecule has 7 heteroatoms. The lowest BCUT2D eigenvalue weighted by molar-refractivity contribution is 0.381. The highest BCUT2D eigenvalue weighted by atomic mass is 35.5. The Balaban J connectivity index is 3.04. The quantitative estimate of drug-likeness (QED) is 0.613. The Morgan fingerprint density at radius 1 is 1.52 bits per heavy atom. The van der Waals surface area contributed by atoms with Crippen LogP contribution in [-0.4, -0.2) is 27.3 Å². The molecule has 0 radical (unpaired) electrons. The first-order chi connectivity index (χ1) is 9.79. The Hall–Kier alpha value is -0.560. The third kappa shape index (κ3) is 5.62. The smallest absolute Gasteiger partial charge is 0.218 e. The monoisotopic (exact) mass is 336 g/mol. The SMILES string of the molecule is COc1ncc(F)cc1[C@@H](CCCCl)N[S@+]([O-])C(C)(C)C. The summed E-state index contributed by atoms with van der Waals surface area (Å²) in [5, 5.41) is 0. The van der Waals surface area contributed by atoms with Crippen LogP contribution in [-0.2, 0) is 11.4 Å². The Bertz CT molecular complexity index is 457. The van der Waals surface area contributed by atoms with Gasteiger partial charge in [0.05, 0.1) is 19.3 Å². The molecule has 0 spiro atoms. The summed E-state index contributed by atoms with van der Waals surface area (Å²) >= 11 is 4.45. The van der Waals surface area contributed by atoms with Crippen molar-refractivity contribution in [2.45, 2.75) is 44.4 Å². The van der Waals surface area contributed by atoms with Crippen molar-refractivity contribution in [1.82, 2.24) is 9.71 Å². The van der Waals surface area contributed by atoms with Crippen LogP contribution < -0.4 is 9.46 Å². The standard InChI is InChI=1S/C14H22ClFN2O2S/c1-14(2,3)21(19)18-12(6-5-7-15)11-8-10(16)9-17-13(11)20-4/h8-9,12,18H,5-7H2,1-4H3/t12-,21-/m1/s1. The third-order valence-corrected chi connectivity index (χ3v) is 4.72. The van der Waals surface area contributed by atoms with Gasteiger partial charge in [-0.15, -0.1) is 16.3 Å². The molecule has 0 aliphatic rings. The Morgan fingerprint density at radius 3 is 2.71 bits per heavy atom. The van der Waals surface area contributed by atoms with Gasteiger partial charge in [0.25, 0.3) is 0 Å². The number of nitrogens with zero attached hydrogens (tertiary/aromatic N) is 1. The van der Waals surface area contributed by atoms with Gasteiger partial charge in [-0.2, -0.15) is 0 Å². The Labute approximate surface area is 133 Å². The van der Waals surface area contributed by atoms with Gasteiger partial charge >= 0.3 is 0 Å². The lowest BCUT2D eigenvalue weighted by Gasteiger charge is -2.28. The number of alkyl halides is 1. The first-order valence-corrected chi connectivity index (χ1v) is 8.41. The van der Waals surface area contributed by atoms with E-state index in [1.165, 1.54) is 13.2 Å². The van der Waals surface area contributed by atoms with Gasteiger partial charge in [0.1, 0.15) is 10.6 Å². The van der Waals surface area contributed by atoms with Gasteiger partial charge in [0.2, 0.25) is 5.88 Å². The molecule has 0 saturated carbocycles. The highest BCUT2D eigenvalue weighted by Crippen LogP contribution is 2.29. The molecule has 1 aromatic heterocycles. The first kappa shape index (κ1) is 18.5. The molecule has 1 aromatic rings. The maximum Gasteiger partial charge on any atom is 0.218 e. The van der Waals surface area contributed by atoms with Crippen molar-refractivity contribution in [3.8, 4) is 5.88 Å². The van der Waals surface area contributed by atoms with Crippen LogP contribution in [0.15, 0.2) is 12.3 Å². The fourth-order valence-electron chi connectivity index (χ4n) is 1.73. The van der Waals surface area contributed by atoms with Crippen molar-refractivity contribution in [3.63, 3.8) is 0 Å². The van der Waals surface area contributed by atoms with Crippen molar-refractivity contribution in [3.05, 3.63) is 23.6 Å². The lowest BCUT2D eigenvalue weighted by Crippen LogP contribution is -2.41. The van der Waals surface area contributed by atoms with Gasteiger partial charge in [0.15, 0.2) is 0 Å². The molecule has 0 saturated heterocycles. The zero-order chi connectivity index (χ0) is 16.0. The molecule has 0 unspecified atom stereocenters. The number of aromatic nitrogens is 1. The fourth-order valence-corrected chi connectivity index (χ4v) is 2.74. The van der Waals surface area contributed by atoms with Crippen LogP contribution in [0.4, 0.5) is 4.39 Å². The summed E-state index contributed by atoms with van der Waals surface area (Å²) in [6.45, 7) is 5.61. The number of hydrogen-bond acceptors (Lipinski definition) is 4. The Kier molecular flexibility index (Phi) is 7.20. The average molecular weight is 337 g/mol. The molecule has 2 atom stereocenters. The van der Waals surface area contributed by atoms with E-state index in [1.54, 1.807) is 0 Å². The van der Waals surface area contributed by atoms with E-state index in [1.807, 2.05) is 20.8 Å². The van der Waals surface area contributed by atoms with E-state index in [4.69, 9.17) is 16.3 Å². The fraction of sp³-hybridized carbons (Fsp3) is 0.643. The van der Waals surface area contributed by atoms with Crippen LogP contribution >= 0.6 is 11.6 Å². The van der Waals surface area contributed by atoms with Crippen molar-refractivity contribution >= 4 is 23.0 Å². The second-order valence-corrected chi connectivity index (χ2v) is 8.01. The highest BCUT2D eigenvalue weighted by molar-refractivity contribution is 7.90. The number of methoxy groups -OCH3 is 1. The molecule has 0 fully saturated rings. The van der Waals surface area contributed by atoms with E-state index in [0.29, 0.717) is 30.2 Å². The van der Waals surface area contributed by atoms with Crippen molar-refractivity contribution in [1.29, 1.82) is 0 Å². The molecule has 21 heavy (non-hydrogen) atoms. The number of pyridine rings is 1. The predicted octanol–water partition coefficient (Wildman–Crippen LogP) is 3.34. The molecule has 1 rings (SSSR count). The van der Waals surface area contributed by atoms with Gasteiger partial charge in [-0.25, -0.2) is 9.37 Å². The van der Waals surface area contributed by atoms with Gasteiger partial charge in [0, 0.05) is 22.8 Å². The van der Waals surface area contributed by atoms with E-state index >= 15 is 0 Å². The van der Waals surface area contributed by atoms with Gasteiger partial charge in [-0.3, -0.25) is 0 Å². The molecule has 0 amide bonds. The number of ether oxygens (including phenoxy) is 1. The summed E-state index contributed by atoms with van der Waals surface area (Å²) in [7, 11) is 1.48. The van der Waals surface area contributed by atoms with Crippen LogP contribution in [0.5, 0.6) is 5.88 Å². The predicted molar refractivity (Wildman–Crippen MR) is 84.5 cm³/mol. The maximum atomic E-state index is 13.5.